The minimum absolute atomic E-state index is 0.478. The highest BCUT2D eigenvalue weighted by molar-refractivity contribution is 5.79. The number of fused-ring (bicyclic) bond motifs is 1. The summed E-state index contributed by atoms with van der Waals surface area (Å²) in [7, 11) is 1.64. The highest BCUT2D eigenvalue weighted by Crippen LogP contribution is 2.29. The fraction of sp³-hybridized carbons (Fsp3) is 0.118. The second kappa shape index (κ2) is 5.24. The quantitative estimate of drug-likeness (QED) is 0.626. The van der Waals surface area contributed by atoms with Crippen molar-refractivity contribution in [3.8, 4) is 28.7 Å². The number of aromatic nitrogens is 4. The van der Waals surface area contributed by atoms with Gasteiger partial charge in [-0.1, -0.05) is 0 Å². The molecule has 0 amide bonds. The van der Waals surface area contributed by atoms with Crippen LogP contribution < -0.4 is 4.74 Å². The average Bonchev–Trinajstić information content (AvgIpc) is 3.23. The van der Waals surface area contributed by atoms with Crippen molar-refractivity contribution in [2.24, 2.45) is 0 Å². The Bertz CT molecular complexity index is 987. The van der Waals surface area contributed by atoms with Gasteiger partial charge >= 0.3 is 0 Å². The molecule has 2 aromatic heterocycles. The van der Waals surface area contributed by atoms with Crippen molar-refractivity contribution in [1.82, 2.24) is 20.2 Å². The summed E-state index contributed by atoms with van der Waals surface area (Å²) >= 11 is 0. The zero-order chi connectivity index (χ0) is 15.8. The first-order valence-corrected chi connectivity index (χ1v) is 7.16. The van der Waals surface area contributed by atoms with Crippen LogP contribution in [0.25, 0.3) is 33.9 Å². The maximum atomic E-state index is 5.84. The molecule has 0 spiro atoms. The van der Waals surface area contributed by atoms with Crippen LogP contribution in [0.3, 0.4) is 0 Å². The molecule has 4 rings (SSSR count). The first kappa shape index (κ1) is 13.5. The third kappa shape index (κ3) is 2.34. The number of aromatic amines is 1. The number of rotatable bonds is 3. The summed E-state index contributed by atoms with van der Waals surface area (Å²) < 4.78 is 11.1. The van der Waals surface area contributed by atoms with Gasteiger partial charge < -0.3 is 14.1 Å². The molecule has 0 aliphatic carbocycles. The number of ether oxygens (including phenoxy) is 1. The van der Waals surface area contributed by atoms with Crippen molar-refractivity contribution >= 4 is 11.0 Å². The van der Waals surface area contributed by atoms with Gasteiger partial charge in [-0.05, 0) is 48.9 Å². The molecule has 6 nitrogen and oxygen atoms in total. The van der Waals surface area contributed by atoms with E-state index in [1.807, 2.05) is 43.3 Å². The van der Waals surface area contributed by atoms with Gasteiger partial charge in [-0.15, -0.1) is 10.2 Å². The van der Waals surface area contributed by atoms with E-state index < -0.39 is 0 Å². The molecular weight excluding hydrogens is 292 g/mol. The molecule has 6 heteroatoms. The van der Waals surface area contributed by atoms with Gasteiger partial charge in [0.15, 0.2) is 0 Å². The molecule has 0 aliphatic rings. The van der Waals surface area contributed by atoms with Crippen molar-refractivity contribution in [2.75, 3.05) is 7.11 Å². The molecule has 23 heavy (non-hydrogen) atoms. The van der Waals surface area contributed by atoms with Crippen LogP contribution in [0.2, 0.25) is 0 Å². The average molecular weight is 306 g/mol. The highest BCUT2D eigenvalue weighted by Gasteiger charge is 2.13. The van der Waals surface area contributed by atoms with Crippen LogP contribution in [0.4, 0.5) is 0 Å². The fourth-order valence-corrected chi connectivity index (χ4v) is 2.52. The molecule has 4 aromatic rings. The summed E-state index contributed by atoms with van der Waals surface area (Å²) in [4.78, 5) is 7.28. The predicted molar refractivity (Wildman–Crippen MR) is 86.1 cm³/mol. The summed E-state index contributed by atoms with van der Waals surface area (Å²) in [5, 5.41) is 8.32. The van der Waals surface area contributed by atoms with E-state index in [0.29, 0.717) is 11.8 Å². The number of hydrogen-bond acceptors (Lipinski definition) is 5. The Labute approximate surface area is 132 Å². The lowest BCUT2D eigenvalue weighted by atomic mass is 10.1. The molecule has 0 aliphatic heterocycles. The molecule has 0 bridgehead atoms. The number of imidazole rings is 1. The Morgan fingerprint density at radius 3 is 2.74 bits per heavy atom. The van der Waals surface area contributed by atoms with E-state index >= 15 is 0 Å². The van der Waals surface area contributed by atoms with Crippen molar-refractivity contribution in [3.63, 3.8) is 0 Å². The van der Waals surface area contributed by atoms with E-state index in [-0.39, 0.29) is 0 Å². The molecule has 114 valence electrons. The number of hydrogen-bond donors (Lipinski definition) is 1. The van der Waals surface area contributed by atoms with Crippen LogP contribution in [-0.2, 0) is 0 Å². The summed E-state index contributed by atoms with van der Waals surface area (Å²) in [5.41, 5.74) is 4.60. The molecular formula is C17H14N4O2. The van der Waals surface area contributed by atoms with Gasteiger partial charge in [-0.2, -0.15) is 0 Å². The van der Waals surface area contributed by atoms with Crippen molar-refractivity contribution in [1.29, 1.82) is 0 Å². The molecule has 2 heterocycles. The number of H-pyrrole nitrogens is 1. The van der Waals surface area contributed by atoms with E-state index in [2.05, 4.69) is 20.2 Å². The normalized spacial score (nSPS) is 11.0. The minimum Gasteiger partial charge on any atom is -0.497 e. The van der Waals surface area contributed by atoms with E-state index in [1.165, 1.54) is 0 Å². The largest absolute Gasteiger partial charge is 0.497 e. The zero-order valence-corrected chi connectivity index (χ0v) is 12.7. The van der Waals surface area contributed by atoms with Crippen LogP contribution in [0.5, 0.6) is 5.75 Å². The molecule has 0 fully saturated rings. The smallest absolute Gasteiger partial charge is 0.248 e. The third-order valence-corrected chi connectivity index (χ3v) is 3.76. The summed E-state index contributed by atoms with van der Waals surface area (Å²) in [6, 6.07) is 11.5. The van der Waals surface area contributed by atoms with Gasteiger partial charge in [0.05, 0.1) is 24.5 Å². The van der Waals surface area contributed by atoms with Gasteiger partial charge in [0.2, 0.25) is 11.8 Å². The summed E-state index contributed by atoms with van der Waals surface area (Å²) in [6.45, 7) is 1.98. The number of methoxy groups -OCH3 is 1. The van der Waals surface area contributed by atoms with Crippen LogP contribution in [-0.4, -0.2) is 27.3 Å². The van der Waals surface area contributed by atoms with Crippen molar-refractivity contribution in [2.45, 2.75) is 6.92 Å². The number of aryl methyl sites for hydroxylation is 1. The predicted octanol–water partition coefficient (Wildman–Crippen LogP) is 3.60. The Morgan fingerprint density at radius 1 is 1.04 bits per heavy atom. The summed E-state index contributed by atoms with van der Waals surface area (Å²) in [6.07, 6.45) is 1.66. The lowest BCUT2D eigenvalue weighted by Crippen LogP contribution is -1.87. The monoisotopic (exact) mass is 306 g/mol. The Balaban J connectivity index is 1.73. The lowest BCUT2D eigenvalue weighted by molar-refractivity contribution is 0.414. The SMILES string of the molecule is COc1ccc(-c2nnc(-c3ccc4nc[nH]c4c3)o2)c(C)c1. The molecule has 0 saturated carbocycles. The Kier molecular flexibility index (Phi) is 3.08. The van der Waals surface area contributed by atoms with Crippen molar-refractivity contribution in [3.05, 3.63) is 48.3 Å². The van der Waals surface area contributed by atoms with E-state index in [9.17, 15) is 0 Å². The van der Waals surface area contributed by atoms with E-state index in [4.69, 9.17) is 9.15 Å². The van der Waals surface area contributed by atoms with Gasteiger partial charge in [-0.3, -0.25) is 0 Å². The van der Waals surface area contributed by atoms with Crippen LogP contribution >= 0.6 is 0 Å². The van der Waals surface area contributed by atoms with Gasteiger partial charge in [0.1, 0.15) is 5.75 Å². The Hall–Kier alpha value is -3.15. The molecule has 1 N–H and O–H groups in total. The van der Waals surface area contributed by atoms with Crippen molar-refractivity contribution < 1.29 is 9.15 Å². The first-order chi connectivity index (χ1) is 11.2. The zero-order valence-electron chi connectivity index (χ0n) is 12.7. The number of benzene rings is 2. The van der Waals surface area contributed by atoms with E-state index in [1.54, 1.807) is 13.4 Å². The molecule has 0 unspecified atom stereocenters. The molecule has 2 aromatic carbocycles. The maximum absolute atomic E-state index is 5.84. The maximum Gasteiger partial charge on any atom is 0.248 e. The fourth-order valence-electron chi connectivity index (χ4n) is 2.52. The number of nitrogens with zero attached hydrogens (tertiary/aromatic N) is 3. The third-order valence-electron chi connectivity index (χ3n) is 3.76. The minimum atomic E-state index is 0.478. The lowest BCUT2D eigenvalue weighted by Gasteiger charge is -2.04. The van der Waals surface area contributed by atoms with Crippen LogP contribution in [0.15, 0.2) is 47.1 Å². The molecule has 0 saturated heterocycles. The second-order valence-electron chi connectivity index (χ2n) is 5.23. The topological polar surface area (TPSA) is 76.8 Å². The van der Waals surface area contributed by atoms with Crippen LogP contribution in [0, 0.1) is 6.92 Å². The number of nitrogens with one attached hydrogen (secondary N) is 1. The standard InChI is InChI=1S/C17H14N4O2/c1-10-7-12(22-2)4-5-13(10)17-21-20-16(23-17)11-3-6-14-15(8-11)19-9-18-14/h3-9H,1-2H3,(H,18,19). The summed E-state index contributed by atoms with van der Waals surface area (Å²) in [5.74, 6) is 1.77. The van der Waals surface area contributed by atoms with E-state index in [0.717, 1.165) is 33.5 Å². The molecule has 0 atom stereocenters. The molecule has 0 radical (unpaired) electrons. The first-order valence-electron chi connectivity index (χ1n) is 7.16. The van der Waals surface area contributed by atoms with Gasteiger partial charge in [-0.25, -0.2) is 4.98 Å². The Morgan fingerprint density at radius 2 is 1.91 bits per heavy atom. The van der Waals surface area contributed by atoms with Gasteiger partial charge in [0.25, 0.3) is 0 Å². The second-order valence-corrected chi connectivity index (χ2v) is 5.23. The van der Waals surface area contributed by atoms with Gasteiger partial charge in [0, 0.05) is 11.1 Å². The van der Waals surface area contributed by atoms with Crippen LogP contribution in [0.1, 0.15) is 5.56 Å². The highest BCUT2D eigenvalue weighted by atomic mass is 16.5.